The van der Waals surface area contributed by atoms with Gasteiger partial charge in [0.1, 0.15) is 17.2 Å². The summed E-state index contributed by atoms with van der Waals surface area (Å²) in [6, 6.07) is 11.2. The lowest BCUT2D eigenvalue weighted by Gasteiger charge is -1.98. The van der Waals surface area contributed by atoms with E-state index < -0.39 is 5.95 Å². The first kappa shape index (κ1) is 14.9. The Bertz CT molecular complexity index is 945. The predicted molar refractivity (Wildman–Crippen MR) is 90.6 cm³/mol. The smallest absolute Gasteiger partial charge is 0.230 e. The Morgan fingerprint density at radius 1 is 1.22 bits per heavy atom. The van der Waals surface area contributed by atoms with Crippen molar-refractivity contribution < 1.29 is 8.81 Å². The molecule has 0 unspecified atom stereocenters. The molecule has 0 aliphatic rings. The van der Waals surface area contributed by atoms with Crippen molar-refractivity contribution in [2.75, 3.05) is 12.4 Å². The van der Waals surface area contributed by atoms with Crippen LogP contribution < -0.4 is 5.32 Å². The normalized spacial score (nSPS) is 10.7. The number of halogens is 1. The van der Waals surface area contributed by atoms with Crippen molar-refractivity contribution in [1.29, 1.82) is 0 Å². The summed E-state index contributed by atoms with van der Waals surface area (Å²) in [6.07, 6.45) is 3.39. The van der Waals surface area contributed by atoms with Crippen LogP contribution in [0, 0.1) is 24.7 Å². The van der Waals surface area contributed by atoms with Gasteiger partial charge in [0.25, 0.3) is 0 Å². The maximum absolute atomic E-state index is 13.7. The van der Waals surface area contributed by atoms with Gasteiger partial charge in [0.15, 0.2) is 0 Å². The molecule has 3 nitrogen and oxygen atoms in total. The molecule has 0 fully saturated rings. The summed E-state index contributed by atoms with van der Waals surface area (Å²) in [5.74, 6) is 6.13. The molecular weight excluding hydrogens is 291 g/mol. The number of pyridine rings is 1. The second-order valence-electron chi connectivity index (χ2n) is 5.08. The van der Waals surface area contributed by atoms with Crippen LogP contribution in [-0.2, 0) is 0 Å². The molecule has 4 heteroatoms. The highest BCUT2D eigenvalue weighted by atomic mass is 19.1. The number of hydrogen-bond acceptors (Lipinski definition) is 3. The van der Waals surface area contributed by atoms with Crippen LogP contribution in [-0.4, -0.2) is 12.0 Å². The van der Waals surface area contributed by atoms with Gasteiger partial charge in [-0.05, 0) is 49.4 Å². The fourth-order valence-corrected chi connectivity index (χ4v) is 2.18. The molecule has 2 aromatic heterocycles. The van der Waals surface area contributed by atoms with Crippen molar-refractivity contribution in [3.63, 3.8) is 0 Å². The quantitative estimate of drug-likeness (QED) is 0.564. The Labute approximate surface area is 133 Å². The lowest BCUT2D eigenvalue weighted by molar-refractivity contribution is 0.582. The van der Waals surface area contributed by atoms with Gasteiger partial charge in [-0.2, -0.15) is 4.39 Å². The lowest BCUT2D eigenvalue weighted by atomic mass is 10.2. The summed E-state index contributed by atoms with van der Waals surface area (Å²) in [6.45, 7) is 2.04. The molecule has 23 heavy (non-hydrogen) atoms. The molecule has 0 aliphatic heterocycles. The molecule has 0 radical (unpaired) electrons. The minimum atomic E-state index is -0.586. The fraction of sp³-hybridized carbons (Fsp3) is 0.105. The number of hydrogen-bond donors (Lipinski definition) is 1. The van der Waals surface area contributed by atoms with E-state index in [4.69, 9.17) is 4.42 Å². The number of benzene rings is 1. The lowest BCUT2D eigenvalue weighted by Crippen LogP contribution is -1.96. The van der Waals surface area contributed by atoms with Gasteiger partial charge in [0, 0.05) is 12.4 Å². The first-order chi connectivity index (χ1) is 11.2. The second kappa shape index (κ2) is 6.37. The maximum atomic E-state index is 13.7. The molecular formula is C19H15FN2O. The van der Waals surface area contributed by atoms with Crippen molar-refractivity contribution in [3.05, 3.63) is 65.3 Å². The third-order valence-corrected chi connectivity index (χ3v) is 3.33. The Kier molecular flexibility index (Phi) is 4.11. The van der Waals surface area contributed by atoms with Gasteiger partial charge in [-0.3, -0.25) is 0 Å². The molecule has 0 bridgehead atoms. The number of aromatic nitrogens is 1. The zero-order valence-corrected chi connectivity index (χ0v) is 12.9. The van der Waals surface area contributed by atoms with E-state index in [0.29, 0.717) is 11.6 Å². The van der Waals surface area contributed by atoms with Crippen LogP contribution >= 0.6 is 0 Å². The highest BCUT2D eigenvalue weighted by molar-refractivity contribution is 5.80. The fourth-order valence-electron chi connectivity index (χ4n) is 2.18. The zero-order chi connectivity index (χ0) is 16.2. The average Bonchev–Trinajstić information content (AvgIpc) is 2.94. The molecule has 1 aromatic carbocycles. The zero-order valence-electron chi connectivity index (χ0n) is 12.9. The summed E-state index contributed by atoms with van der Waals surface area (Å²) >= 11 is 0. The van der Waals surface area contributed by atoms with E-state index in [2.05, 4.69) is 28.2 Å². The molecule has 3 rings (SSSR count). The molecule has 0 saturated heterocycles. The number of furan rings is 1. The largest absolute Gasteiger partial charge is 0.457 e. The van der Waals surface area contributed by atoms with Crippen LogP contribution in [0.25, 0.3) is 17.0 Å². The molecule has 3 aromatic rings. The first-order valence-electron chi connectivity index (χ1n) is 7.18. The molecule has 0 amide bonds. The van der Waals surface area contributed by atoms with Crippen molar-refractivity contribution >= 4 is 22.9 Å². The van der Waals surface area contributed by atoms with Gasteiger partial charge in [0.05, 0.1) is 5.56 Å². The van der Waals surface area contributed by atoms with Gasteiger partial charge in [-0.1, -0.05) is 23.5 Å². The maximum Gasteiger partial charge on any atom is 0.230 e. The van der Waals surface area contributed by atoms with Gasteiger partial charge in [-0.25, -0.2) is 4.98 Å². The van der Waals surface area contributed by atoms with Crippen LogP contribution in [0.15, 0.2) is 46.9 Å². The van der Waals surface area contributed by atoms with E-state index in [0.717, 1.165) is 11.0 Å². The first-order valence-corrected chi connectivity index (χ1v) is 7.18. The van der Waals surface area contributed by atoms with Crippen LogP contribution in [0.2, 0.25) is 0 Å². The summed E-state index contributed by atoms with van der Waals surface area (Å²) in [4.78, 5) is 3.74. The number of allylic oxidation sites excluding steroid dienone is 1. The van der Waals surface area contributed by atoms with Crippen LogP contribution in [0.1, 0.15) is 16.9 Å². The SMILES string of the molecule is CNc1ccc(C#C/C=C/c2cc3cc(C)ccc3o2)c(F)n1. The van der Waals surface area contributed by atoms with Crippen molar-refractivity contribution in [2.45, 2.75) is 6.92 Å². The van der Waals surface area contributed by atoms with Gasteiger partial charge in [0.2, 0.25) is 5.95 Å². The molecule has 2 heterocycles. The van der Waals surface area contributed by atoms with E-state index in [9.17, 15) is 4.39 Å². The van der Waals surface area contributed by atoms with Crippen LogP contribution in [0.4, 0.5) is 10.2 Å². The van der Waals surface area contributed by atoms with Crippen LogP contribution in [0.3, 0.4) is 0 Å². The molecule has 0 aliphatic carbocycles. The van der Waals surface area contributed by atoms with Crippen molar-refractivity contribution in [3.8, 4) is 11.8 Å². The third kappa shape index (κ3) is 3.41. The second-order valence-corrected chi connectivity index (χ2v) is 5.08. The van der Waals surface area contributed by atoms with Crippen LogP contribution in [0.5, 0.6) is 0 Å². The van der Waals surface area contributed by atoms with Gasteiger partial charge in [-0.15, -0.1) is 0 Å². The predicted octanol–water partition coefficient (Wildman–Crippen LogP) is 4.38. The molecule has 0 saturated carbocycles. The summed E-state index contributed by atoms with van der Waals surface area (Å²) in [5.41, 5.74) is 2.27. The monoisotopic (exact) mass is 306 g/mol. The van der Waals surface area contributed by atoms with E-state index in [-0.39, 0.29) is 5.56 Å². The van der Waals surface area contributed by atoms with Gasteiger partial charge < -0.3 is 9.73 Å². The minimum Gasteiger partial charge on any atom is -0.457 e. The summed E-state index contributed by atoms with van der Waals surface area (Å²) in [5, 5.41) is 3.83. The third-order valence-electron chi connectivity index (χ3n) is 3.33. The van der Waals surface area contributed by atoms with E-state index in [1.54, 1.807) is 31.3 Å². The van der Waals surface area contributed by atoms with E-state index in [1.807, 2.05) is 25.1 Å². The van der Waals surface area contributed by atoms with Crippen molar-refractivity contribution in [2.24, 2.45) is 0 Å². The van der Waals surface area contributed by atoms with Crippen molar-refractivity contribution in [1.82, 2.24) is 4.98 Å². The number of aryl methyl sites for hydroxylation is 1. The summed E-state index contributed by atoms with van der Waals surface area (Å²) < 4.78 is 19.3. The number of rotatable bonds is 2. The standard InChI is InChI=1S/C19H15FN2O/c1-13-7-9-17-15(11-13)12-16(23-17)6-4-3-5-14-8-10-18(21-2)22-19(14)20/h4,6-12H,1-2H3,(H,21,22)/b6-4+. The average molecular weight is 306 g/mol. The topological polar surface area (TPSA) is 38.1 Å². The molecule has 1 N–H and O–H groups in total. The minimum absolute atomic E-state index is 0.258. The Morgan fingerprint density at radius 2 is 2.09 bits per heavy atom. The number of nitrogens with zero attached hydrogens (tertiary/aromatic N) is 1. The Morgan fingerprint density at radius 3 is 2.87 bits per heavy atom. The number of fused-ring (bicyclic) bond motifs is 1. The Hall–Kier alpha value is -3.06. The molecule has 0 spiro atoms. The highest BCUT2D eigenvalue weighted by Crippen LogP contribution is 2.21. The summed E-state index contributed by atoms with van der Waals surface area (Å²) in [7, 11) is 1.69. The highest BCUT2D eigenvalue weighted by Gasteiger charge is 2.02. The molecule has 114 valence electrons. The Balaban J connectivity index is 1.78. The number of anilines is 1. The molecule has 0 atom stereocenters. The van der Waals surface area contributed by atoms with E-state index >= 15 is 0 Å². The number of nitrogens with one attached hydrogen (secondary N) is 1. The van der Waals surface area contributed by atoms with Gasteiger partial charge >= 0.3 is 0 Å². The van der Waals surface area contributed by atoms with E-state index in [1.165, 1.54) is 5.56 Å².